The summed E-state index contributed by atoms with van der Waals surface area (Å²) in [5, 5.41) is 20.6. The van der Waals surface area contributed by atoms with Crippen LogP contribution in [0.25, 0.3) is 5.76 Å². The molecule has 1 heterocycles. The predicted octanol–water partition coefficient (Wildman–Crippen LogP) is 5.10. The van der Waals surface area contributed by atoms with Crippen LogP contribution in [0.2, 0.25) is 0 Å². The van der Waals surface area contributed by atoms with Crippen LogP contribution in [-0.2, 0) is 20.8 Å². The van der Waals surface area contributed by atoms with Crippen LogP contribution in [0, 0.1) is 6.92 Å². The summed E-state index contributed by atoms with van der Waals surface area (Å²) >= 11 is 0. The van der Waals surface area contributed by atoms with Gasteiger partial charge in [0.2, 0.25) is 0 Å². The van der Waals surface area contributed by atoms with E-state index in [1.54, 1.807) is 42.5 Å². The molecular weight excluding hydrogens is 496 g/mol. The normalized spacial score (nSPS) is 16.4. The van der Waals surface area contributed by atoms with Crippen LogP contribution in [0.5, 0.6) is 5.75 Å². The Morgan fingerprint density at radius 1 is 0.974 bits per heavy atom. The van der Waals surface area contributed by atoms with E-state index < -0.39 is 23.7 Å². The van der Waals surface area contributed by atoms with E-state index in [-0.39, 0.29) is 17.8 Å². The summed E-state index contributed by atoms with van der Waals surface area (Å²) in [4.78, 5) is 41.3. The average Bonchev–Trinajstić information content (AvgIpc) is 3.17. The first-order valence-corrected chi connectivity index (χ1v) is 12.7. The van der Waals surface area contributed by atoms with Gasteiger partial charge in [0.05, 0.1) is 24.6 Å². The standard InChI is InChI=1S/C31H32N2O6/c1-5-16-39-25-15-10-22(17-19(25)2)29(36)27-28(21-8-13-23(14-9-21)32(3)4)33(31(38)30(27)37)24-11-6-20(7-12-24)18-26(34)35/h6-15,17,28,36H,5,16,18H2,1-4H3,(H,34,35)/b29-27-. The molecule has 1 saturated heterocycles. The number of aliphatic hydroxyl groups is 1. The largest absolute Gasteiger partial charge is 0.507 e. The van der Waals surface area contributed by atoms with Crippen LogP contribution >= 0.6 is 0 Å². The van der Waals surface area contributed by atoms with Crippen LogP contribution in [0.4, 0.5) is 11.4 Å². The SMILES string of the molecule is CCCOc1ccc(/C(O)=C2/C(=O)C(=O)N(c3ccc(CC(=O)O)cc3)C2c2ccc(N(C)C)cc2)cc1C. The van der Waals surface area contributed by atoms with Gasteiger partial charge in [-0.1, -0.05) is 31.2 Å². The molecule has 1 amide bonds. The van der Waals surface area contributed by atoms with E-state index in [1.165, 1.54) is 4.90 Å². The van der Waals surface area contributed by atoms with Gasteiger partial charge in [0.1, 0.15) is 11.5 Å². The van der Waals surface area contributed by atoms with Gasteiger partial charge in [-0.25, -0.2) is 0 Å². The first-order chi connectivity index (χ1) is 18.6. The van der Waals surface area contributed by atoms with Crippen molar-refractivity contribution < 1.29 is 29.3 Å². The fourth-order valence-electron chi connectivity index (χ4n) is 4.64. The van der Waals surface area contributed by atoms with Gasteiger partial charge >= 0.3 is 5.97 Å². The third kappa shape index (κ3) is 5.65. The summed E-state index contributed by atoms with van der Waals surface area (Å²) in [6.07, 6.45) is 0.695. The van der Waals surface area contributed by atoms with E-state index in [0.717, 1.165) is 17.7 Å². The number of ketones is 1. The molecule has 39 heavy (non-hydrogen) atoms. The van der Waals surface area contributed by atoms with Crippen molar-refractivity contribution in [3.63, 3.8) is 0 Å². The molecule has 1 aliphatic rings. The molecule has 1 fully saturated rings. The molecule has 1 aliphatic heterocycles. The lowest BCUT2D eigenvalue weighted by Crippen LogP contribution is -2.29. The molecule has 2 N–H and O–H groups in total. The zero-order chi connectivity index (χ0) is 28.3. The van der Waals surface area contributed by atoms with Crippen LogP contribution in [0.15, 0.2) is 72.3 Å². The number of carbonyl (C=O) groups is 3. The molecule has 0 aromatic heterocycles. The third-order valence-electron chi connectivity index (χ3n) is 6.65. The zero-order valence-electron chi connectivity index (χ0n) is 22.5. The number of rotatable bonds is 9. The highest BCUT2D eigenvalue weighted by Gasteiger charge is 2.47. The topological polar surface area (TPSA) is 107 Å². The third-order valence-corrected chi connectivity index (χ3v) is 6.65. The van der Waals surface area contributed by atoms with E-state index >= 15 is 0 Å². The number of amides is 1. The molecule has 0 radical (unpaired) electrons. The number of carboxylic acids is 1. The van der Waals surface area contributed by atoms with Crippen molar-refractivity contribution in [2.24, 2.45) is 0 Å². The number of anilines is 2. The van der Waals surface area contributed by atoms with Crippen LogP contribution in [0.3, 0.4) is 0 Å². The number of carboxylic acid groups (broad SMARTS) is 1. The number of aliphatic carboxylic acids is 1. The number of aliphatic hydroxyl groups excluding tert-OH is 1. The quantitative estimate of drug-likeness (QED) is 0.226. The minimum absolute atomic E-state index is 0.0196. The number of ether oxygens (including phenoxy) is 1. The molecule has 4 rings (SSSR count). The lowest BCUT2D eigenvalue weighted by atomic mass is 9.94. The Morgan fingerprint density at radius 2 is 1.64 bits per heavy atom. The van der Waals surface area contributed by atoms with Crippen LogP contribution in [0.1, 0.15) is 41.6 Å². The highest BCUT2D eigenvalue weighted by molar-refractivity contribution is 6.51. The summed E-state index contributed by atoms with van der Waals surface area (Å²) in [5.41, 5.74) is 3.75. The molecule has 3 aromatic carbocycles. The van der Waals surface area contributed by atoms with E-state index in [4.69, 9.17) is 9.84 Å². The molecule has 0 bridgehead atoms. The van der Waals surface area contributed by atoms with Gasteiger partial charge in [0, 0.05) is 31.0 Å². The number of Topliss-reactive ketones (excluding diaryl/α,β-unsaturated/α-hetero) is 1. The Labute approximate surface area is 227 Å². The van der Waals surface area contributed by atoms with E-state index in [2.05, 4.69) is 0 Å². The lowest BCUT2D eigenvalue weighted by Gasteiger charge is -2.26. The fraction of sp³-hybridized carbons (Fsp3) is 0.258. The van der Waals surface area contributed by atoms with Gasteiger partial charge in [0.15, 0.2) is 0 Å². The summed E-state index contributed by atoms with van der Waals surface area (Å²) < 4.78 is 5.75. The smallest absolute Gasteiger partial charge is 0.307 e. The number of nitrogens with zero attached hydrogens (tertiary/aromatic N) is 2. The highest BCUT2D eigenvalue weighted by atomic mass is 16.5. The number of hydrogen-bond donors (Lipinski definition) is 2. The zero-order valence-corrected chi connectivity index (χ0v) is 22.5. The highest BCUT2D eigenvalue weighted by Crippen LogP contribution is 2.42. The number of hydrogen-bond acceptors (Lipinski definition) is 6. The number of aryl methyl sites for hydroxylation is 1. The van der Waals surface area contributed by atoms with Crippen LogP contribution < -0.4 is 14.5 Å². The average molecular weight is 529 g/mol. The first-order valence-electron chi connectivity index (χ1n) is 12.7. The van der Waals surface area contributed by atoms with E-state index in [1.807, 2.05) is 57.1 Å². The minimum atomic E-state index is -0.967. The summed E-state index contributed by atoms with van der Waals surface area (Å²) in [7, 11) is 3.83. The maximum absolute atomic E-state index is 13.4. The van der Waals surface area contributed by atoms with Crippen LogP contribution in [-0.4, -0.2) is 48.6 Å². The molecule has 0 saturated carbocycles. The van der Waals surface area contributed by atoms with Crippen molar-refractivity contribution in [3.8, 4) is 5.75 Å². The van der Waals surface area contributed by atoms with Gasteiger partial charge in [-0.2, -0.15) is 0 Å². The molecule has 1 atom stereocenters. The summed E-state index contributed by atoms with van der Waals surface area (Å²) in [6, 6.07) is 18.2. The number of carbonyl (C=O) groups excluding carboxylic acids is 2. The van der Waals surface area contributed by atoms with Crippen molar-refractivity contribution in [3.05, 3.63) is 94.6 Å². The second-order valence-corrected chi connectivity index (χ2v) is 9.72. The molecule has 8 nitrogen and oxygen atoms in total. The maximum Gasteiger partial charge on any atom is 0.307 e. The van der Waals surface area contributed by atoms with Gasteiger partial charge in [-0.3, -0.25) is 19.3 Å². The Morgan fingerprint density at radius 3 is 2.21 bits per heavy atom. The maximum atomic E-state index is 13.4. The summed E-state index contributed by atoms with van der Waals surface area (Å²) in [6.45, 7) is 4.43. The second kappa shape index (κ2) is 11.4. The van der Waals surface area contributed by atoms with Crippen molar-refractivity contribution in [1.29, 1.82) is 0 Å². The Bertz CT molecular complexity index is 1420. The predicted molar refractivity (Wildman–Crippen MR) is 150 cm³/mol. The molecule has 202 valence electrons. The fourth-order valence-corrected chi connectivity index (χ4v) is 4.64. The van der Waals surface area contributed by atoms with Crippen molar-refractivity contribution in [1.82, 2.24) is 0 Å². The van der Waals surface area contributed by atoms with Gasteiger partial charge in [0.25, 0.3) is 11.7 Å². The van der Waals surface area contributed by atoms with Gasteiger partial charge < -0.3 is 19.8 Å². The Balaban J connectivity index is 1.84. The molecule has 1 unspecified atom stereocenters. The van der Waals surface area contributed by atoms with Crippen molar-refractivity contribution in [2.45, 2.75) is 32.7 Å². The lowest BCUT2D eigenvalue weighted by molar-refractivity contribution is -0.136. The van der Waals surface area contributed by atoms with Crippen molar-refractivity contribution >= 4 is 34.8 Å². The molecule has 3 aromatic rings. The minimum Gasteiger partial charge on any atom is -0.507 e. The summed E-state index contributed by atoms with van der Waals surface area (Å²) in [5.74, 6) is -2.13. The molecular formula is C31H32N2O6. The molecule has 0 spiro atoms. The van der Waals surface area contributed by atoms with E-state index in [0.29, 0.717) is 34.7 Å². The number of benzene rings is 3. The van der Waals surface area contributed by atoms with E-state index in [9.17, 15) is 19.5 Å². The Kier molecular flexibility index (Phi) is 8.04. The van der Waals surface area contributed by atoms with Crippen molar-refractivity contribution in [2.75, 3.05) is 30.5 Å². The van der Waals surface area contributed by atoms with Gasteiger partial charge in [-0.05, 0) is 72.5 Å². The molecule has 8 heteroatoms. The monoisotopic (exact) mass is 528 g/mol. The Hall–Kier alpha value is -4.59. The molecule has 0 aliphatic carbocycles. The second-order valence-electron chi connectivity index (χ2n) is 9.72. The first kappa shape index (κ1) is 27.4. The van der Waals surface area contributed by atoms with Gasteiger partial charge in [-0.15, -0.1) is 0 Å².